The zero-order valence-electron chi connectivity index (χ0n) is 16.4. The fourth-order valence-electron chi connectivity index (χ4n) is 4.52. The van der Waals surface area contributed by atoms with Gasteiger partial charge in [-0.25, -0.2) is 9.97 Å². The van der Waals surface area contributed by atoms with Crippen LogP contribution in [0.1, 0.15) is 43.4 Å². The second kappa shape index (κ2) is 6.80. The molecule has 3 aliphatic rings. The SMILES string of the molecule is Cc1ncnc(N2CCN(C)[C@@]3(CCC(=O)N(CC4CC4)CC3)C2)c1C. The maximum absolute atomic E-state index is 12.6. The van der Waals surface area contributed by atoms with E-state index in [0.717, 1.165) is 63.0 Å². The van der Waals surface area contributed by atoms with Gasteiger partial charge in [0.25, 0.3) is 0 Å². The minimum absolute atomic E-state index is 0.0670. The number of carbonyl (C=O) groups is 1. The average molecular weight is 358 g/mol. The minimum atomic E-state index is 0.0670. The standard InChI is InChI=1S/C20H31N5O/c1-15-16(2)21-14-22-19(15)25-11-10-23(3)20(13-25)7-6-18(26)24(9-8-20)12-17-4-5-17/h14,17H,4-13H2,1-3H3/t20-/m1/s1. The van der Waals surface area contributed by atoms with Gasteiger partial charge in [-0.05, 0) is 52.5 Å². The number of likely N-dealkylation sites (N-methyl/N-ethyl adjacent to an activating group) is 1. The fraction of sp³-hybridized carbons (Fsp3) is 0.750. The Morgan fingerprint density at radius 1 is 1.15 bits per heavy atom. The molecule has 6 nitrogen and oxygen atoms in total. The summed E-state index contributed by atoms with van der Waals surface area (Å²) in [5, 5.41) is 0. The molecule has 0 unspecified atom stereocenters. The summed E-state index contributed by atoms with van der Waals surface area (Å²) in [5.41, 5.74) is 2.29. The molecule has 1 aromatic rings. The quantitative estimate of drug-likeness (QED) is 0.828. The third-order valence-electron chi connectivity index (χ3n) is 6.79. The Morgan fingerprint density at radius 2 is 1.96 bits per heavy atom. The van der Waals surface area contributed by atoms with Crippen LogP contribution < -0.4 is 4.90 Å². The molecule has 1 atom stereocenters. The second-order valence-electron chi connectivity index (χ2n) is 8.51. The van der Waals surface area contributed by atoms with Crippen LogP contribution in [0.15, 0.2) is 6.33 Å². The molecule has 2 aliphatic heterocycles. The molecule has 1 aromatic heterocycles. The molecule has 0 aromatic carbocycles. The monoisotopic (exact) mass is 357 g/mol. The van der Waals surface area contributed by atoms with E-state index in [1.807, 2.05) is 6.92 Å². The van der Waals surface area contributed by atoms with Gasteiger partial charge in [0.15, 0.2) is 0 Å². The summed E-state index contributed by atoms with van der Waals surface area (Å²) in [6, 6.07) is 0. The van der Waals surface area contributed by atoms with Crippen LogP contribution in [0.5, 0.6) is 0 Å². The van der Waals surface area contributed by atoms with E-state index in [4.69, 9.17) is 0 Å². The van der Waals surface area contributed by atoms with E-state index in [0.29, 0.717) is 12.3 Å². The van der Waals surface area contributed by atoms with Crippen LogP contribution >= 0.6 is 0 Å². The van der Waals surface area contributed by atoms with Gasteiger partial charge >= 0.3 is 0 Å². The number of amides is 1. The van der Waals surface area contributed by atoms with Gasteiger partial charge in [0.05, 0.1) is 0 Å². The fourth-order valence-corrected chi connectivity index (χ4v) is 4.52. The number of hydrogen-bond donors (Lipinski definition) is 0. The number of anilines is 1. The third kappa shape index (κ3) is 3.31. The molecule has 0 bridgehead atoms. The van der Waals surface area contributed by atoms with Gasteiger partial charge < -0.3 is 9.80 Å². The first-order valence-electron chi connectivity index (χ1n) is 10.0. The average Bonchev–Trinajstić information content (AvgIpc) is 3.46. The molecule has 1 saturated carbocycles. The van der Waals surface area contributed by atoms with Crippen molar-refractivity contribution in [3.63, 3.8) is 0 Å². The summed E-state index contributed by atoms with van der Waals surface area (Å²) in [6.07, 6.45) is 6.96. The van der Waals surface area contributed by atoms with Crippen LogP contribution in [-0.2, 0) is 4.79 Å². The summed E-state index contributed by atoms with van der Waals surface area (Å²) >= 11 is 0. The number of carbonyl (C=O) groups excluding carboxylic acids is 1. The third-order valence-corrected chi connectivity index (χ3v) is 6.79. The van der Waals surface area contributed by atoms with E-state index >= 15 is 0 Å². The highest BCUT2D eigenvalue weighted by Crippen LogP contribution is 2.36. The number of aryl methyl sites for hydroxylation is 1. The number of likely N-dealkylation sites (tertiary alicyclic amines) is 1. The van der Waals surface area contributed by atoms with Gasteiger partial charge in [-0.3, -0.25) is 9.69 Å². The van der Waals surface area contributed by atoms with Crippen molar-refractivity contribution in [3.05, 3.63) is 17.6 Å². The number of hydrogen-bond acceptors (Lipinski definition) is 5. The zero-order chi connectivity index (χ0) is 18.3. The highest BCUT2D eigenvalue weighted by molar-refractivity contribution is 5.76. The van der Waals surface area contributed by atoms with Gasteiger partial charge in [-0.15, -0.1) is 0 Å². The predicted molar refractivity (Wildman–Crippen MR) is 102 cm³/mol. The van der Waals surface area contributed by atoms with Gasteiger partial charge in [0, 0.05) is 55.9 Å². The lowest BCUT2D eigenvalue weighted by atomic mass is 9.86. The Morgan fingerprint density at radius 3 is 2.73 bits per heavy atom. The molecule has 3 heterocycles. The number of nitrogens with zero attached hydrogens (tertiary/aromatic N) is 5. The molecular formula is C20H31N5O. The molecule has 1 amide bonds. The van der Waals surface area contributed by atoms with Gasteiger partial charge in [0.1, 0.15) is 12.1 Å². The van der Waals surface area contributed by atoms with Crippen molar-refractivity contribution in [2.45, 2.75) is 51.5 Å². The minimum Gasteiger partial charge on any atom is -0.353 e. The Hall–Kier alpha value is -1.69. The second-order valence-corrected chi connectivity index (χ2v) is 8.51. The van der Waals surface area contributed by atoms with Crippen molar-refractivity contribution in [3.8, 4) is 0 Å². The molecule has 3 fully saturated rings. The molecule has 1 spiro atoms. The lowest BCUT2D eigenvalue weighted by molar-refractivity contribution is -0.130. The van der Waals surface area contributed by atoms with Crippen molar-refractivity contribution in [2.24, 2.45) is 5.92 Å². The number of rotatable bonds is 3. The lowest BCUT2D eigenvalue weighted by Gasteiger charge is -2.50. The van der Waals surface area contributed by atoms with E-state index < -0.39 is 0 Å². The summed E-state index contributed by atoms with van der Waals surface area (Å²) in [6.45, 7) is 8.98. The van der Waals surface area contributed by atoms with Crippen molar-refractivity contribution in [1.82, 2.24) is 19.8 Å². The molecule has 26 heavy (non-hydrogen) atoms. The first-order chi connectivity index (χ1) is 12.5. The van der Waals surface area contributed by atoms with Gasteiger partial charge in [0.2, 0.25) is 5.91 Å². The van der Waals surface area contributed by atoms with Crippen LogP contribution in [0.4, 0.5) is 5.82 Å². The number of aromatic nitrogens is 2. The van der Waals surface area contributed by atoms with Gasteiger partial charge in [-0.2, -0.15) is 0 Å². The maximum Gasteiger partial charge on any atom is 0.222 e. The van der Waals surface area contributed by atoms with E-state index in [1.54, 1.807) is 6.33 Å². The summed E-state index contributed by atoms with van der Waals surface area (Å²) in [5.74, 6) is 2.18. The van der Waals surface area contributed by atoms with Crippen LogP contribution in [0.25, 0.3) is 0 Å². The van der Waals surface area contributed by atoms with E-state index in [9.17, 15) is 4.79 Å². The molecule has 2 saturated heterocycles. The van der Waals surface area contributed by atoms with Crippen LogP contribution in [0.3, 0.4) is 0 Å². The summed E-state index contributed by atoms with van der Waals surface area (Å²) in [4.78, 5) is 28.6. The molecule has 0 radical (unpaired) electrons. The van der Waals surface area contributed by atoms with Crippen LogP contribution in [0, 0.1) is 19.8 Å². The van der Waals surface area contributed by atoms with E-state index in [-0.39, 0.29) is 5.54 Å². The maximum atomic E-state index is 12.6. The van der Waals surface area contributed by atoms with Crippen LogP contribution in [0.2, 0.25) is 0 Å². The van der Waals surface area contributed by atoms with Crippen molar-refractivity contribution in [1.29, 1.82) is 0 Å². The lowest BCUT2D eigenvalue weighted by Crippen LogP contribution is -2.61. The summed E-state index contributed by atoms with van der Waals surface area (Å²) < 4.78 is 0. The highest BCUT2D eigenvalue weighted by Gasteiger charge is 2.43. The Kier molecular flexibility index (Phi) is 4.63. The van der Waals surface area contributed by atoms with E-state index in [2.05, 4.69) is 38.6 Å². The smallest absolute Gasteiger partial charge is 0.222 e. The van der Waals surface area contributed by atoms with E-state index in [1.165, 1.54) is 18.4 Å². The normalized spacial score (nSPS) is 27.9. The van der Waals surface area contributed by atoms with Crippen molar-refractivity contribution < 1.29 is 4.79 Å². The predicted octanol–water partition coefficient (Wildman–Crippen LogP) is 2.01. The highest BCUT2D eigenvalue weighted by atomic mass is 16.2. The Balaban J connectivity index is 1.54. The number of piperazine rings is 1. The summed E-state index contributed by atoms with van der Waals surface area (Å²) in [7, 11) is 2.23. The first-order valence-corrected chi connectivity index (χ1v) is 10.0. The molecule has 4 rings (SSSR count). The molecule has 142 valence electrons. The molecule has 1 aliphatic carbocycles. The largest absolute Gasteiger partial charge is 0.353 e. The van der Waals surface area contributed by atoms with Crippen molar-refractivity contribution in [2.75, 3.05) is 44.7 Å². The molecule has 6 heteroatoms. The van der Waals surface area contributed by atoms with Crippen LogP contribution in [-0.4, -0.2) is 71.0 Å². The van der Waals surface area contributed by atoms with Crippen molar-refractivity contribution >= 4 is 11.7 Å². The molecular weight excluding hydrogens is 326 g/mol. The Bertz CT molecular complexity index is 689. The van der Waals surface area contributed by atoms with Gasteiger partial charge in [-0.1, -0.05) is 0 Å². The first kappa shape index (κ1) is 17.7. The Labute approximate surface area is 156 Å². The topological polar surface area (TPSA) is 52.6 Å². The zero-order valence-corrected chi connectivity index (χ0v) is 16.4. The molecule has 0 N–H and O–H groups in total.